The molecule has 0 aliphatic rings. The Bertz CT molecular complexity index is 1300. The highest BCUT2D eigenvalue weighted by atomic mass is 79.9. The summed E-state index contributed by atoms with van der Waals surface area (Å²) < 4.78 is 2.13. The van der Waals surface area contributed by atoms with Crippen LogP contribution in [-0.2, 0) is 4.79 Å². The van der Waals surface area contributed by atoms with Gasteiger partial charge in [0.05, 0.1) is 40.4 Å². The molecule has 3 aromatic heterocycles. The van der Waals surface area contributed by atoms with E-state index in [2.05, 4.69) is 43.5 Å². The molecule has 160 valence electrons. The highest BCUT2D eigenvalue weighted by Gasteiger charge is 2.22. The zero-order chi connectivity index (χ0) is 22.3. The first kappa shape index (κ1) is 21.2. The third kappa shape index (κ3) is 3.86. The minimum atomic E-state index is -0.514. The second kappa shape index (κ2) is 8.24. The van der Waals surface area contributed by atoms with E-state index in [1.54, 1.807) is 23.8 Å². The molecule has 1 aromatic carbocycles. The lowest BCUT2D eigenvalue weighted by molar-refractivity contribution is -0.126. The number of nitrogens with zero attached hydrogens (tertiary/aromatic N) is 4. The van der Waals surface area contributed by atoms with Crippen molar-refractivity contribution in [1.29, 1.82) is 0 Å². The molecule has 0 aliphatic carbocycles. The fourth-order valence-corrected chi connectivity index (χ4v) is 4.01. The smallest absolute Gasteiger partial charge is 0.225 e. The van der Waals surface area contributed by atoms with Crippen molar-refractivity contribution in [3.05, 3.63) is 52.4 Å². The van der Waals surface area contributed by atoms with E-state index < -0.39 is 12.0 Å². The zero-order valence-corrected chi connectivity index (χ0v) is 19.0. The number of carbonyl (C=O) groups excluding carboxylic acids is 1. The van der Waals surface area contributed by atoms with E-state index >= 15 is 0 Å². The molecule has 1 amide bonds. The molecule has 0 saturated carbocycles. The van der Waals surface area contributed by atoms with Crippen molar-refractivity contribution >= 4 is 44.2 Å². The van der Waals surface area contributed by atoms with Gasteiger partial charge < -0.3 is 16.2 Å². The predicted molar refractivity (Wildman–Crippen MR) is 123 cm³/mol. The minimum absolute atomic E-state index is 0.227. The molecular weight excluding hydrogens is 460 g/mol. The lowest BCUT2D eigenvalue weighted by atomic mass is 10.1. The molecule has 31 heavy (non-hydrogen) atoms. The van der Waals surface area contributed by atoms with Gasteiger partial charge in [0.15, 0.2) is 5.65 Å². The summed E-state index contributed by atoms with van der Waals surface area (Å²) in [7, 11) is 0. The van der Waals surface area contributed by atoms with Crippen LogP contribution in [-0.4, -0.2) is 37.2 Å². The van der Waals surface area contributed by atoms with Crippen LogP contribution in [0.5, 0.6) is 0 Å². The standard InChI is InChI=1S/C22H23BrN6O2/c1-11-4-5-17-14(6-11)7-15(8-25-17)16-9-26-29-20(24)18(23)19(28-21(16)29)13(3)27-22(31)12(2)10-30/h4-9,12-13,30H,10,24H2,1-3H3,(H,27,31)/t12-,13?/m1/s1. The molecule has 8 nitrogen and oxygen atoms in total. The van der Waals surface area contributed by atoms with Gasteiger partial charge in [0.1, 0.15) is 5.82 Å². The lowest BCUT2D eigenvalue weighted by Gasteiger charge is -2.18. The Hall–Kier alpha value is -3.04. The van der Waals surface area contributed by atoms with Gasteiger partial charge >= 0.3 is 0 Å². The Balaban J connectivity index is 1.81. The largest absolute Gasteiger partial charge is 0.396 e. The SMILES string of the molecule is Cc1ccc2ncc(-c3cnn4c(N)c(Br)c(C(C)NC(=O)[C@H](C)CO)nc34)cc2c1. The van der Waals surface area contributed by atoms with E-state index in [-0.39, 0.29) is 12.5 Å². The Morgan fingerprint density at radius 2 is 2.06 bits per heavy atom. The van der Waals surface area contributed by atoms with Gasteiger partial charge in [-0.1, -0.05) is 18.6 Å². The second-order valence-corrected chi connectivity index (χ2v) is 8.52. The summed E-state index contributed by atoms with van der Waals surface area (Å²) in [6, 6.07) is 7.74. The van der Waals surface area contributed by atoms with E-state index in [9.17, 15) is 9.90 Å². The molecule has 0 spiro atoms. The molecule has 0 aliphatic heterocycles. The van der Waals surface area contributed by atoms with E-state index in [4.69, 9.17) is 10.7 Å². The third-order valence-corrected chi connectivity index (χ3v) is 6.10. The Labute approximate surface area is 187 Å². The molecule has 0 fully saturated rings. The molecule has 3 heterocycles. The van der Waals surface area contributed by atoms with Gasteiger partial charge in [-0.15, -0.1) is 0 Å². The Morgan fingerprint density at radius 3 is 2.81 bits per heavy atom. The van der Waals surface area contributed by atoms with E-state index in [1.165, 1.54) is 0 Å². The van der Waals surface area contributed by atoms with Crippen LogP contribution < -0.4 is 11.1 Å². The van der Waals surface area contributed by atoms with Crippen molar-refractivity contribution in [2.45, 2.75) is 26.8 Å². The number of nitrogens with one attached hydrogen (secondary N) is 1. The molecule has 4 rings (SSSR count). The molecule has 0 bridgehead atoms. The van der Waals surface area contributed by atoms with Gasteiger partial charge in [-0.25, -0.2) is 4.98 Å². The first-order valence-electron chi connectivity index (χ1n) is 9.90. The number of aliphatic hydroxyl groups excluding tert-OH is 1. The number of aliphatic hydroxyl groups is 1. The van der Waals surface area contributed by atoms with Crippen molar-refractivity contribution in [2.24, 2.45) is 5.92 Å². The highest BCUT2D eigenvalue weighted by molar-refractivity contribution is 9.10. The van der Waals surface area contributed by atoms with Crippen molar-refractivity contribution in [1.82, 2.24) is 24.9 Å². The van der Waals surface area contributed by atoms with E-state index in [0.717, 1.165) is 27.6 Å². The molecule has 9 heteroatoms. The summed E-state index contributed by atoms with van der Waals surface area (Å²) in [5.41, 5.74) is 11.2. The van der Waals surface area contributed by atoms with E-state index in [0.29, 0.717) is 21.6 Å². The van der Waals surface area contributed by atoms with Crippen molar-refractivity contribution in [3.63, 3.8) is 0 Å². The number of amides is 1. The summed E-state index contributed by atoms with van der Waals surface area (Å²) >= 11 is 3.49. The molecular formula is C22H23BrN6O2. The Kier molecular flexibility index (Phi) is 5.63. The van der Waals surface area contributed by atoms with Crippen molar-refractivity contribution in [2.75, 3.05) is 12.3 Å². The molecule has 4 N–H and O–H groups in total. The van der Waals surface area contributed by atoms with Crippen LogP contribution >= 0.6 is 15.9 Å². The number of benzene rings is 1. The van der Waals surface area contributed by atoms with Crippen LogP contribution in [0.25, 0.3) is 27.7 Å². The summed E-state index contributed by atoms with van der Waals surface area (Å²) in [5, 5.41) is 17.5. The quantitative estimate of drug-likeness (QED) is 0.401. The van der Waals surface area contributed by atoms with Crippen LogP contribution in [0.15, 0.2) is 41.1 Å². The number of aryl methyl sites for hydroxylation is 1. The first-order valence-corrected chi connectivity index (χ1v) is 10.7. The van der Waals surface area contributed by atoms with Gasteiger partial charge in [0, 0.05) is 22.7 Å². The summed E-state index contributed by atoms with van der Waals surface area (Å²) in [5.74, 6) is -0.392. The maximum absolute atomic E-state index is 12.2. The highest BCUT2D eigenvalue weighted by Crippen LogP contribution is 2.33. The maximum atomic E-state index is 12.2. The maximum Gasteiger partial charge on any atom is 0.225 e. The molecule has 1 unspecified atom stereocenters. The Morgan fingerprint density at radius 1 is 1.29 bits per heavy atom. The van der Waals surface area contributed by atoms with Crippen molar-refractivity contribution < 1.29 is 9.90 Å². The number of fused-ring (bicyclic) bond motifs is 2. The molecule has 2 atom stereocenters. The van der Waals surface area contributed by atoms with Gasteiger partial charge in [-0.3, -0.25) is 9.78 Å². The minimum Gasteiger partial charge on any atom is -0.396 e. The lowest BCUT2D eigenvalue weighted by Crippen LogP contribution is -2.33. The van der Waals surface area contributed by atoms with Crippen LogP contribution in [0, 0.1) is 12.8 Å². The number of hydrogen-bond acceptors (Lipinski definition) is 6. The first-order chi connectivity index (χ1) is 14.8. The number of hydrogen-bond donors (Lipinski definition) is 3. The number of rotatable bonds is 5. The monoisotopic (exact) mass is 482 g/mol. The van der Waals surface area contributed by atoms with Crippen molar-refractivity contribution in [3.8, 4) is 11.1 Å². The second-order valence-electron chi connectivity index (χ2n) is 7.72. The molecule has 4 aromatic rings. The number of carbonyl (C=O) groups is 1. The average Bonchev–Trinajstić information content (AvgIpc) is 3.19. The topological polar surface area (TPSA) is 118 Å². The number of nitrogen functional groups attached to an aromatic ring is 1. The summed E-state index contributed by atoms with van der Waals surface area (Å²) in [6.07, 6.45) is 3.51. The zero-order valence-electron chi connectivity index (χ0n) is 17.4. The third-order valence-electron chi connectivity index (χ3n) is 5.29. The predicted octanol–water partition coefficient (Wildman–Crippen LogP) is 3.40. The number of halogens is 1. The van der Waals surface area contributed by atoms with Gasteiger partial charge in [-0.2, -0.15) is 9.61 Å². The van der Waals surface area contributed by atoms with E-state index in [1.807, 2.05) is 26.0 Å². The van der Waals surface area contributed by atoms with Crippen LogP contribution in [0.4, 0.5) is 5.82 Å². The number of nitrogens with two attached hydrogens (primary N) is 1. The van der Waals surface area contributed by atoms with Crippen LogP contribution in [0.1, 0.15) is 31.1 Å². The number of anilines is 1. The fourth-order valence-electron chi connectivity index (χ4n) is 3.41. The number of aromatic nitrogens is 4. The van der Waals surface area contributed by atoms with Crippen LogP contribution in [0.3, 0.4) is 0 Å². The summed E-state index contributed by atoms with van der Waals surface area (Å²) in [4.78, 5) is 21.6. The average molecular weight is 483 g/mol. The number of pyridine rings is 1. The molecule has 0 saturated heterocycles. The van der Waals surface area contributed by atoms with Gasteiger partial charge in [0.25, 0.3) is 0 Å². The fraction of sp³-hybridized carbons (Fsp3) is 0.273. The molecule has 0 radical (unpaired) electrons. The summed E-state index contributed by atoms with van der Waals surface area (Å²) in [6.45, 7) is 5.30. The van der Waals surface area contributed by atoms with Gasteiger partial charge in [0.2, 0.25) is 5.91 Å². The normalized spacial score (nSPS) is 13.5. The van der Waals surface area contributed by atoms with Crippen LogP contribution in [0.2, 0.25) is 0 Å². The van der Waals surface area contributed by atoms with Gasteiger partial charge in [-0.05, 0) is 48.0 Å².